The van der Waals surface area contributed by atoms with E-state index in [1.54, 1.807) is 0 Å². The van der Waals surface area contributed by atoms with Crippen LogP contribution in [0.2, 0.25) is 0 Å². The lowest BCUT2D eigenvalue weighted by Gasteiger charge is -2.18. The first-order valence-corrected chi connectivity index (χ1v) is 8.90. The zero-order valence-corrected chi connectivity index (χ0v) is 13.9. The molecule has 0 aliphatic carbocycles. The van der Waals surface area contributed by atoms with Crippen LogP contribution in [0.4, 0.5) is 0 Å². The smallest absolute Gasteiger partial charge is 0.128 e. The van der Waals surface area contributed by atoms with Gasteiger partial charge in [0.25, 0.3) is 0 Å². The lowest BCUT2D eigenvalue weighted by atomic mass is 10.1. The van der Waals surface area contributed by atoms with Crippen LogP contribution in [0.15, 0.2) is 52.3 Å². The van der Waals surface area contributed by atoms with Crippen molar-refractivity contribution < 1.29 is 8.95 Å². The van der Waals surface area contributed by atoms with E-state index in [4.69, 9.17) is 4.74 Å². The normalized spacial score (nSPS) is 15.7. The second-order valence-corrected chi connectivity index (χ2v) is 6.69. The summed E-state index contributed by atoms with van der Waals surface area (Å²) in [6, 6.07) is 13.7. The van der Waals surface area contributed by atoms with Crippen molar-refractivity contribution in [2.24, 2.45) is 0 Å². The maximum atomic E-state index is 12.6. The molecule has 3 rings (SSSR count). The number of nitrogens with zero attached hydrogens (tertiary/aromatic N) is 1. The second-order valence-electron chi connectivity index (χ2n) is 5.27. The molecule has 1 heterocycles. The third kappa shape index (κ3) is 2.69. The molecule has 1 atom stereocenters. The van der Waals surface area contributed by atoms with Gasteiger partial charge in [-0.3, -0.25) is 0 Å². The van der Waals surface area contributed by atoms with Crippen LogP contribution in [0.3, 0.4) is 0 Å². The molecule has 4 heteroatoms. The highest BCUT2D eigenvalue weighted by Crippen LogP contribution is 2.45. The standard InChI is InChI=1S/C18H21NO2S/c1-3-19(4-2)12-13-21-15-9-7-11-17-18(15)14-8-5-6-10-16(14)22(17)20/h5-11H,3-4,12-13H2,1-2H3. The number of rotatable bonds is 6. The van der Waals surface area contributed by atoms with Crippen molar-refractivity contribution in [1.82, 2.24) is 4.90 Å². The molecule has 2 aromatic carbocycles. The highest BCUT2D eigenvalue weighted by atomic mass is 32.2. The molecular weight excluding hydrogens is 294 g/mol. The van der Waals surface area contributed by atoms with Gasteiger partial charge in [0.1, 0.15) is 12.4 Å². The number of fused-ring (bicyclic) bond motifs is 3. The Bertz CT molecular complexity index is 695. The van der Waals surface area contributed by atoms with Crippen molar-refractivity contribution in [3.63, 3.8) is 0 Å². The minimum absolute atomic E-state index is 0.646. The monoisotopic (exact) mass is 315 g/mol. The van der Waals surface area contributed by atoms with Crippen molar-refractivity contribution in [1.29, 1.82) is 0 Å². The quantitative estimate of drug-likeness (QED) is 0.696. The summed E-state index contributed by atoms with van der Waals surface area (Å²) in [5, 5.41) is 0. The number of ether oxygens (including phenoxy) is 1. The summed E-state index contributed by atoms with van der Waals surface area (Å²) in [6.45, 7) is 7.92. The summed E-state index contributed by atoms with van der Waals surface area (Å²) in [7, 11) is -1.09. The van der Waals surface area contributed by atoms with Crippen LogP contribution < -0.4 is 4.74 Å². The average molecular weight is 315 g/mol. The van der Waals surface area contributed by atoms with E-state index in [1.807, 2.05) is 42.5 Å². The fourth-order valence-corrected chi connectivity index (χ4v) is 4.24. The molecule has 2 aromatic rings. The second kappa shape index (κ2) is 6.63. The van der Waals surface area contributed by atoms with Gasteiger partial charge in [0, 0.05) is 17.7 Å². The molecule has 1 aliphatic heterocycles. The Kier molecular flexibility index (Phi) is 4.60. The van der Waals surface area contributed by atoms with E-state index in [-0.39, 0.29) is 0 Å². The van der Waals surface area contributed by atoms with Gasteiger partial charge in [-0.15, -0.1) is 0 Å². The number of hydrogen-bond donors (Lipinski definition) is 0. The summed E-state index contributed by atoms with van der Waals surface area (Å²) < 4.78 is 18.6. The summed E-state index contributed by atoms with van der Waals surface area (Å²) in [4.78, 5) is 4.08. The van der Waals surface area contributed by atoms with Gasteiger partial charge in [0.05, 0.1) is 20.6 Å². The van der Waals surface area contributed by atoms with Crippen molar-refractivity contribution in [2.75, 3.05) is 26.2 Å². The van der Waals surface area contributed by atoms with Crippen molar-refractivity contribution in [3.05, 3.63) is 42.5 Å². The van der Waals surface area contributed by atoms with E-state index < -0.39 is 10.8 Å². The van der Waals surface area contributed by atoms with Gasteiger partial charge in [0.2, 0.25) is 0 Å². The molecular formula is C18H21NO2S. The van der Waals surface area contributed by atoms with Crippen LogP contribution in [0.5, 0.6) is 5.75 Å². The third-order valence-corrected chi connectivity index (χ3v) is 5.60. The van der Waals surface area contributed by atoms with Crippen molar-refractivity contribution >= 4 is 10.8 Å². The van der Waals surface area contributed by atoms with Crippen LogP contribution in [0.25, 0.3) is 11.1 Å². The molecule has 0 amide bonds. The highest BCUT2D eigenvalue weighted by molar-refractivity contribution is 7.85. The minimum Gasteiger partial charge on any atom is -0.492 e. The van der Waals surface area contributed by atoms with Gasteiger partial charge in [0.15, 0.2) is 0 Å². The Labute approximate surface area is 134 Å². The fraction of sp³-hybridized carbons (Fsp3) is 0.333. The molecule has 0 aromatic heterocycles. The zero-order chi connectivity index (χ0) is 15.5. The molecule has 0 radical (unpaired) electrons. The van der Waals surface area contributed by atoms with Crippen LogP contribution in [0.1, 0.15) is 13.8 Å². The topological polar surface area (TPSA) is 29.5 Å². The van der Waals surface area contributed by atoms with Gasteiger partial charge in [-0.25, -0.2) is 4.21 Å². The van der Waals surface area contributed by atoms with Gasteiger partial charge in [-0.1, -0.05) is 38.1 Å². The molecule has 0 bridgehead atoms. The molecule has 1 unspecified atom stereocenters. The molecule has 0 saturated heterocycles. The first-order chi connectivity index (χ1) is 10.8. The third-order valence-electron chi connectivity index (χ3n) is 4.10. The molecule has 0 saturated carbocycles. The molecule has 22 heavy (non-hydrogen) atoms. The van der Waals surface area contributed by atoms with Crippen LogP contribution in [0, 0.1) is 0 Å². The van der Waals surface area contributed by atoms with Gasteiger partial charge < -0.3 is 9.64 Å². The predicted molar refractivity (Wildman–Crippen MR) is 89.8 cm³/mol. The Balaban J connectivity index is 1.86. The predicted octanol–water partition coefficient (Wildman–Crippen LogP) is 3.55. The Morgan fingerprint density at radius 1 is 1.00 bits per heavy atom. The Morgan fingerprint density at radius 2 is 1.73 bits per heavy atom. The molecule has 116 valence electrons. The van der Waals surface area contributed by atoms with E-state index in [0.29, 0.717) is 6.61 Å². The van der Waals surface area contributed by atoms with Crippen LogP contribution in [-0.4, -0.2) is 35.3 Å². The summed E-state index contributed by atoms with van der Waals surface area (Å²) in [5.41, 5.74) is 2.03. The van der Waals surface area contributed by atoms with E-state index in [0.717, 1.165) is 46.3 Å². The van der Waals surface area contributed by atoms with Gasteiger partial charge in [-0.2, -0.15) is 0 Å². The van der Waals surface area contributed by atoms with Crippen LogP contribution in [-0.2, 0) is 10.8 Å². The average Bonchev–Trinajstić information content (AvgIpc) is 2.86. The summed E-state index contributed by atoms with van der Waals surface area (Å²) in [6.07, 6.45) is 0. The van der Waals surface area contributed by atoms with E-state index in [2.05, 4.69) is 18.7 Å². The number of hydrogen-bond acceptors (Lipinski definition) is 3. The number of likely N-dealkylation sites (N-methyl/N-ethyl adjacent to an activating group) is 1. The van der Waals surface area contributed by atoms with E-state index in [1.165, 1.54) is 0 Å². The maximum absolute atomic E-state index is 12.6. The SMILES string of the molecule is CCN(CC)CCOc1cccc2c1-c1ccccc1S2=O. The minimum atomic E-state index is -1.09. The van der Waals surface area contributed by atoms with Gasteiger partial charge >= 0.3 is 0 Å². The molecule has 0 spiro atoms. The molecule has 0 fully saturated rings. The van der Waals surface area contributed by atoms with Crippen molar-refractivity contribution in [3.8, 4) is 16.9 Å². The lowest BCUT2D eigenvalue weighted by Crippen LogP contribution is -2.27. The summed E-state index contributed by atoms with van der Waals surface area (Å²) in [5.74, 6) is 0.836. The van der Waals surface area contributed by atoms with E-state index in [9.17, 15) is 4.21 Å². The highest BCUT2D eigenvalue weighted by Gasteiger charge is 2.28. The van der Waals surface area contributed by atoms with Gasteiger partial charge in [-0.05, 0) is 31.3 Å². The Morgan fingerprint density at radius 3 is 2.50 bits per heavy atom. The largest absolute Gasteiger partial charge is 0.492 e. The summed E-state index contributed by atoms with van der Waals surface area (Å²) >= 11 is 0. The van der Waals surface area contributed by atoms with Crippen molar-refractivity contribution in [2.45, 2.75) is 23.6 Å². The molecule has 3 nitrogen and oxygen atoms in total. The maximum Gasteiger partial charge on any atom is 0.128 e. The number of benzene rings is 2. The zero-order valence-electron chi connectivity index (χ0n) is 13.0. The molecule has 0 N–H and O–H groups in total. The molecule has 1 aliphatic rings. The lowest BCUT2D eigenvalue weighted by molar-refractivity contribution is 0.223. The Hall–Kier alpha value is -1.65. The first kappa shape index (κ1) is 15.3. The van der Waals surface area contributed by atoms with Crippen LogP contribution >= 0.6 is 0 Å². The fourth-order valence-electron chi connectivity index (χ4n) is 2.83. The first-order valence-electron chi connectivity index (χ1n) is 7.75. The van der Waals surface area contributed by atoms with E-state index >= 15 is 0 Å².